The number of rotatable bonds is 21. The van der Waals surface area contributed by atoms with Crippen molar-refractivity contribution in [3.63, 3.8) is 0 Å². The van der Waals surface area contributed by atoms with E-state index < -0.39 is 18.4 Å². The third-order valence-electron chi connectivity index (χ3n) is 5.39. The third kappa shape index (κ3) is 15.8. The molecular formula is C26H44ClNO7. The second kappa shape index (κ2) is 20.4. The predicted octanol–water partition coefficient (Wildman–Crippen LogP) is 6.84. The van der Waals surface area contributed by atoms with Crippen LogP contribution < -0.4 is 0 Å². The summed E-state index contributed by atoms with van der Waals surface area (Å²) in [4.78, 5) is 27.1. The average molecular weight is 518 g/mol. The largest absolute Gasteiger partial charge is 0.511 e. The lowest BCUT2D eigenvalue weighted by Crippen LogP contribution is -2.23. The maximum absolute atomic E-state index is 12.4. The van der Waals surface area contributed by atoms with Gasteiger partial charge in [-0.2, -0.15) is 0 Å². The van der Waals surface area contributed by atoms with E-state index >= 15 is 0 Å². The van der Waals surface area contributed by atoms with E-state index in [9.17, 15) is 9.59 Å². The van der Waals surface area contributed by atoms with Gasteiger partial charge in [-0.3, -0.25) is 0 Å². The molecule has 0 aromatic carbocycles. The smallest absolute Gasteiger partial charge is 0.432 e. The first-order chi connectivity index (χ1) is 17.0. The number of nitrogens with one attached hydrogen (secondary N) is 1. The quantitative estimate of drug-likeness (QED) is 0.108. The zero-order chi connectivity index (χ0) is 25.7. The van der Waals surface area contributed by atoms with Crippen LogP contribution >= 0.6 is 11.6 Å². The average Bonchev–Trinajstić information content (AvgIpc) is 3.20. The second-order valence-corrected chi connectivity index (χ2v) is 8.86. The number of hydrogen-bond acceptors (Lipinski definition) is 7. The molecule has 1 heterocycles. The first-order valence-electron chi connectivity index (χ1n) is 13.0. The number of esters is 1. The Kier molecular flexibility index (Phi) is 18.2. The number of aryl methyl sites for hydroxylation is 1. The molecule has 0 aliphatic heterocycles. The lowest BCUT2D eigenvalue weighted by atomic mass is 10.1. The number of aromatic nitrogens is 1. The highest BCUT2D eigenvalue weighted by Crippen LogP contribution is 2.21. The summed E-state index contributed by atoms with van der Waals surface area (Å²) in [6.07, 6.45) is 11.4. The molecular weight excluding hydrogens is 474 g/mol. The van der Waals surface area contributed by atoms with Crippen molar-refractivity contribution >= 4 is 23.7 Å². The lowest BCUT2D eigenvalue weighted by molar-refractivity contribution is -0.0853. The summed E-state index contributed by atoms with van der Waals surface area (Å²) in [5, 5.41) is 0.288. The zero-order valence-corrected chi connectivity index (χ0v) is 22.5. The summed E-state index contributed by atoms with van der Waals surface area (Å²) >= 11 is 6.20. The topological polar surface area (TPSA) is 96.1 Å². The predicted molar refractivity (Wildman–Crippen MR) is 136 cm³/mol. The molecule has 0 aliphatic rings. The molecule has 1 N–H and O–H groups in total. The van der Waals surface area contributed by atoms with Gasteiger partial charge in [-0.1, -0.05) is 76.3 Å². The van der Waals surface area contributed by atoms with Crippen LogP contribution in [0.1, 0.15) is 101 Å². The first-order valence-corrected chi connectivity index (χ1v) is 13.4. The highest BCUT2D eigenvalue weighted by Gasteiger charge is 2.20. The molecule has 35 heavy (non-hydrogen) atoms. The van der Waals surface area contributed by atoms with Crippen molar-refractivity contribution < 1.29 is 33.3 Å². The van der Waals surface area contributed by atoms with E-state index in [4.69, 9.17) is 35.3 Å². The van der Waals surface area contributed by atoms with Crippen LogP contribution in [0.25, 0.3) is 0 Å². The molecule has 0 bridgehead atoms. The summed E-state index contributed by atoms with van der Waals surface area (Å²) in [6, 6.07) is 1.75. The zero-order valence-electron chi connectivity index (χ0n) is 21.7. The summed E-state index contributed by atoms with van der Waals surface area (Å²) in [5.74, 6) is -0.691. The third-order valence-corrected chi connectivity index (χ3v) is 5.69. The molecule has 9 heteroatoms. The summed E-state index contributed by atoms with van der Waals surface area (Å²) < 4.78 is 25.3. The van der Waals surface area contributed by atoms with Gasteiger partial charge >= 0.3 is 12.1 Å². The van der Waals surface area contributed by atoms with Crippen LogP contribution in [0.3, 0.4) is 0 Å². The Morgan fingerprint density at radius 2 is 1.46 bits per heavy atom. The van der Waals surface area contributed by atoms with Crippen molar-refractivity contribution in [2.45, 2.75) is 97.7 Å². The van der Waals surface area contributed by atoms with E-state index in [-0.39, 0.29) is 23.9 Å². The van der Waals surface area contributed by atoms with E-state index in [2.05, 4.69) is 11.9 Å². The van der Waals surface area contributed by atoms with Crippen molar-refractivity contribution in [3.8, 4) is 0 Å². The number of hydrogen-bond donors (Lipinski definition) is 1. The van der Waals surface area contributed by atoms with Crippen LogP contribution in [0.5, 0.6) is 0 Å². The normalized spacial score (nSPS) is 11.9. The Bertz CT molecular complexity index is 695. The van der Waals surface area contributed by atoms with E-state index in [0.717, 1.165) is 25.0 Å². The molecule has 0 fully saturated rings. The molecule has 0 radical (unpaired) electrons. The van der Waals surface area contributed by atoms with Gasteiger partial charge in [0.05, 0.1) is 24.8 Å². The summed E-state index contributed by atoms with van der Waals surface area (Å²) in [6.45, 7) is 7.33. The minimum Gasteiger partial charge on any atom is -0.432 e. The minimum atomic E-state index is -1.13. The highest BCUT2D eigenvalue weighted by molar-refractivity contribution is 6.33. The van der Waals surface area contributed by atoms with Gasteiger partial charge in [0.25, 0.3) is 0 Å². The number of halogens is 1. The van der Waals surface area contributed by atoms with Gasteiger partial charge in [-0.25, -0.2) is 9.59 Å². The molecule has 1 aromatic heterocycles. The molecule has 0 aliphatic carbocycles. The monoisotopic (exact) mass is 517 g/mol. The van der Waals surface area contributed by atoms with Gasteiger partial charge < -0.3 is 28.7 Å². The van der Waals surface area contributed by atoms with Gasteiger partial charge in [0.15, 0.2) is 0 Å². The Morgan fingerprint density at radius 3 is 2.11 bits per heavy atom. The van der Waals surface area contributed by atoms with Gasteiger partial charge in [-0.05, 0) is 25.8 Å². The van der Waals surface area contributed by atoms with Gasteiger partial charge in [0.2, 0.25) is 6.29 Å². The Balaban J connectivity index is 2.20. The molecule has 1 aromatic rings. The van der Waals surface area contributed by atoms with Crippen molar-refractivity contribution in [3.05, 3.63) is 22.5 Å². The van der Waals surface area contributed by atoms with Gasteiger partial charge in [0, 0.05) is 19.2 Å². The van der Waals surface area contributed by atoms with E-state index in [0.29, 0.717) is 19.8 Å². The van der Waals surface area contributed by atoms with E-state index in [1.807, 2.05) is 6.92 Å². The standard InChI is InChI=1S/C26H44ClNO7/c1-4-6-7-8-9-10-11-12-13-14-15-22-20-23(27)24(28-22)25(29)34-21(3)35-26(30)33-19-18-32-17-16-31-5-2/h20-21,28H,4-19H2,1-3H3. The maximum atomic E-state index is 12.4. The lowest BCUT2D eigenvalue weighted by Gasteiger charge is -2.13. The number of carbonyl (C=O) groups is 2. The van der Waals surface area contributed by atoms with Crippen molar-refractivity contribution in [2.75, 3.05) is 33.0 Å². The van der Waals surface area contributed by atoms with Crippen LogP contribution in [0, 0.1) is 0 Å². The van der Waals surface area contributed by atoms with Crippen molar-refractivity contribution in [2.24, 2.45) is 0 Å². The van der Waals surface area contributed by atoms with Crippen LogP contribution in [-0.4, -0.2) is 56.4 Å². The Morgan fingerprint density at radius 1 is 0.857 bits per heavy atom. The van der Waals surface area contributed by atoms with Crippen LogP contribution in [0.2, 0.25) is 5.02 Å². The number of H-pyrrole nitrogens is 1. The summed E-state index contributed by atoms with van der Waals surface area (Å²) in [7, 11) is 0. The summed E-state index contributed by atoms with van der Waals surface area (Å²) in [5.41, 5.74) is 1.04. The molecule has 202 valence electrons. The second-order valence-electron chi connectivity index (χ2n) is 8.45. The van der Waals surface area contributed by atoms with Crippen molar-refractivity contribution in [1.82, 2.24) is 4.98 Å². The fourth-order valence-electron chi connectivity index (χ4n) is 3.52. The van der Waals surface area contributed by atoms with Crippen LogP contribution in [-0.2, 0) is 30.1 Å². The van der Waals surface area contributed by atoms with Gasteiger partial charge in [0.1, 0.15) is 12.3 Å². The molecule has 1 unspecified atom stereocenters. The fourth-order valence-corrected chi connectivity index (χ4v) is 3.78. The van der Waals surface area contributed by atoms with Crippen molar-refractivity contribution in [1.29, 1.82) is 0 Å². The first kappa shape index (κ1) is 31.3. The van der Waals surface area contributed by atoms with E-state index in [1.54, 1.807) is 6.07 Å². The number of unbranched alkanes of at least 4 members (excludes halogenated alkanes) is 9. The minimum absolute atomic E-state index is 0.0242. The number of carbonyl (C=O) groups excluding carboxylic acids is 2. The van der Waals surface area contributed by atoms with Gasteiger partial charge in [-0.15, -0.1) is 0 Å². The maximum Gasteiger partial charge on any atom is 0.511 e. The molecule has 8 nitrogen and oxygen atoms in total. The SMILES string of the molecule is CCCCCCCCCCCCc1cc(Cl)c(C(=O)OC(C)OC(=O)OCCOCCOCC)[nH]1. The molecule has 0 saturated carbocycles. The number of ether oxygens (including phenoxy) is 5. The molecule has 0 spiro atoms. The molecule has 1 rings (SSSR count). The van der Waals surface area contributed by atoms with E-state index in [1.165, 1.54) is 58.3 Å². The Hall–Kier alpha value is -1.77. The Labute approximate surface area is 215 Å². The number of aromatic amines is 1. The van der Waals surface area contributed by atoms with Crippen LogP contribution in [0.4, 0.5) is 4.79 Å². The van der Waals surface area contributed by atoms with Crippen LogP contribution in [0.15, 0.2) is 6.07 Å². The molecule has 1 atom stereocenters. The molecule has 0 amide bonds. The fraction of sp³-hybridized carbons (Fsp3) is 0.769. The molecule has 0 saturated heterocycles. The highest BCUT2D eigenvalue weighted by atomic mass is 35.5.